The Morgan fingerprint density at radius 3 is 2.70 bits per heavy atom. The fourth-order valence-electron chi connectivity index (χ4n) is 2.13. The van der Waals surface area contributed by atoms with E-state index in [-0.39, 0.29) is 12.6 Å². The summed E-state index contributed by atoms with van der Waals surface area (Å²) in [5.74, 6) is 1.90. The highest BCUT2D eigenvalue weighted by molar-refractivity contribution is 5.75. The molecule has 0 aromatic rings. The summed E-state index contributed by atoms with van der Waals surface area (Å²) in [6.45, 7) is 8.92. The summed E-state index contributed by atoms with van der Waals surface area (Å²) in [4.78, 5) is 11.7. The van der Waals surface area contributed by atoms with Crippen molar-refractivity contribution >= 4 is 5.91 Å². The molecule has 0 radical (unpaired) electrons. The standard InChI is InChI=1S/C18H29NO4/c1-4-6-7-8-9-10-18(20)19-14-23-16(5-2)13-17-15(3)21-11-12-22-17/h5,13H,2,4,6-12,14H2,1,3H3,(H,19,20)/b16-13+. The topological polar surface area (TPSA) is 56.8 Å². The summed E-state index contributed by atoms with van der Waals surface area (Å²) < 4.78 is 16.4. The summed E-state index contributed by atoms with van der Waals surface area (Å²) >= 11 is 0. The fraction of sp³-hybridized carbons (Fsp3) is 0.611. The zero-order valence-electron chi connectivity index (χ0n) is 14.4. The van der Waals surface area contributed by atoms with E-state index in [2.05, 4.69) is 18.8 Å². The van der Waals surface area contributed by atoms with E-state index in [0.29, 0.717) is 31.2 Å². The van der Waals surface area contributed by atoms with Gasteiger partial charge in [-0.05, 0) is 19.4 Å². The van der Waals surface area contributed by atoms with Crippen LogP contribution in [-0.4, -0.2) is 25.9 Å². The first kappa shape index (κ1) is 19.1. The van der Waals surface area contributed by atoms with Gasteiger partial charge in [0.2, 0.25) is 5.91 Å². The lowest BCUT2D eigenvalue weighted by atomic mass is 10.1. The fourth-order valence-corrected chi connectivity index (χ4v) is 2.13. The van der Waals surface area contributed by atoms with Crippen LogP contribution in [0.2, 0.25) is 0 Å². The van der Waals surface area contributed by atoms with Gasteiger partial charge in [0.1, 0.15) is 24.7 Å². The number of unbranched alkanes of at least 4 members (excludes halogenated alkanes) is 4. The van der Waals surface area contributed by atoms with E-state index in [1.54, 1.807) is 12.2 Å². The first-order chi connectivity index (χ1) is 11.2. The molecule has 0 saturated heterocycles. The normalized spacial score (nSPS) is 14.8. The van der Waals surface area contributed by atoms with Crippen LogP contribution in [0, 0.1) is 0 Å². The minimum Gasteiger partial charge on any atom is -0.491 e. The molecule has 23 heavy (non-hydrogen) atoms. The molecule has 0 atom stereocenters. The van der Waals surface area contributed by atoms with Crippen molar-refractivity contribution in [2.24, 2.45) is 0 Å². The third-order valence-electron chi connectivity index (χ3n) is 3.50. The van der Waals surface area contributed by atoms with Gasteiger partial charge in [0.25, 0.3) is 0 Å². The van der Waals surface area contributed by atoms with Crippen molar-refractivity contribution in [1.82, 2.24) is 5.32 Å². The van der Waals surface area contributed by atoms with Gasteiger partial charge in [-0.3, -0.25) is 4.79 Å². The van der Waals surface area contributed by atoms with E-state index in [1.807, 2.05) is 6.92 Å². The Labute approximate surface area is 139 Å². The number of amides is 1. The minimum atomic E-state index is 0.0116. The zero-order chi connectivity index (χ0) is 16.9. The lowest BCUT2D eigenvalue weighted by molar-refractivity contribution is -0.122. The average molecular weight is 323 g/mol. The van der Waals surface area contributed by atoms with E-state index in [4.69, 9.17) is 14.2 Å². The first-order valence-electron chi connectivity index (χ1n) is 8.37. The van der Waals surface area contributed by atoms with E-state index in [1.165, 1.54) is 19.3 Å². The third kappa shape index (κ3) is 8.33. The minimum absolute atomic E-state index is 0.0116. The molecule has 130 valence electrons. The van der Waals surface area contributed by atoms with Gasteiger partial charge in [0.05, 0.1) is 0 Å². The van der Waals surface area contributed by atoms with Crippen LogP contribution in [0.1, 0.15) is 52.4 Å². The van der Waals surface area contributed by atoms with Crippen molar-refractivity contribution in [3.63, 3.8) is 0 Å². The van der Waals surface area contributed by atoms with Crippen LogP contribution in [0.3, 0.4) is 0 Å². The van der Waals surface area contributed by atoms with Crippen molar-refractivity contribution in [2.45, 2.75) is 52.4 Å². The molecule has 0 aromatic heterocycles. The van der Waals surface area contributed by atoms with E-state index in [9.17, 15) is 4.79 Å². The first-order valence-corrected chi connectivity index (χ1v) is 8.37. The Bertz CT molecular complexity index is 440. The molecule has 5 heteroatoms. The van der Waals surface area contributed by atoms with Gasteiger partial charge in [-0.25, -0.2) is 0 Å². The van der Waals surface area contributed by atoms with Gasteiger partial charge in [0.15, 0.2) is 12.5 Å². The molecular weight excluding hydrogens is 294 g/mol. The molecule has 1 amide bonds. The second kappa shape index (κ2) is 11.6. The Hall–Kier alpha value is -1.91. The van der Waals surface area contributed by atoms with Gasteiger partial charge in [0, 0.05) is 12.5 Å². The summed E-state index contributed by atoms with van der Waals surface area (Å²) in [7, 11) is 0. The van der Waals surface area contributed by atoms with Crippen LogP contribution in [0.5, 0.6) is 0 Å². The number of carbonyl (C=O) groups excluding carboxylic acids is 1. The molecule has 0 fully saturated rings. The molecule has 0 saturated carbocycles. The van der Waals surface area contributed by atoms with Crippen LogP contribution >= 0.6 is 0 Å². The maximum Gasteiger partial charge on any atom is 0.222 e. The summed E-state index contributed by atoms with van der Waals surface area (Å²) in [5.41, 5.74) is 0. The monoisotopic (exact) mass is 323 g/mol. The highest BCUT2D eigenvalue weighted by Gasteiger charge is 2.10. The number of hydrogen-bond acceptors (Lipinski definition) is 4. The Balaban J connectivity index is 2.26. The maximum absolute atomic E-state index is 11.7. The number of ether oxygens (including phenoxy) is 3. The van der Waals surface area contributed by atoms with Gasteiger partial charge in [-0.1, -0.05) is 39.2 Å². The lowest BCUT2D eigenvalue weighted by Gasteiger charge is -2.18. The van der Waals surface area contributed by atoms with Gasteiger partial charge in [-0.15, -0.1) is 0 Å². The molecule has 0 unspecified atom stereocenters. The number of allylic oxidation sites excluding steroid dienone is 3. The molecule has 0 aromatic carbocycles. The van der Waals surface area contributed by atoms with E-state index in [0.717, 1.165) is 18.6 Å². The molecule has 1 heterocycles. The lowest BCUT2D eigenvalue weighted by Crippen LogP contribution is -2.25. The van der Waals surface area contributed by atoms with Gasteiger partial charge in [-0.2, -0.15) is 0 Å². The van der Waals surface area contributed by atoms with Crippen molar-refractivity contribution in [3.8, 4) is 0 Å². The number of rotatable bonds is 11. The van der Waals surface area contributed by atoms with Crippen LogP contribution in [-0.2, 0) is 19.0 Å². The van der Waals surface area contributed by atoms with Crippen LogP contribution in [0.15, 0.2) is 36.0 Å². The number of nitrogens with one attached hydrogen (secondary N) is 1. The second-order valence-electron chi connectivity index (χ2n) is 5.42. The van der Waals surface area contributed by atoms with Crippen molar-refractivity contribution in [3.05, 3.63) is 36.0 Å². The highest BCUT2D eigenvalue weighted by Crippen LogP contribution is 2.16. The van der Waals surface area contributed by atoms with Crippen LogP contribution in [0.25, 0.3) is 0 Å². The Morgan fingerprint density at radius 2 is 2.00 bits per heavy atom. The molecule has 0 bridgehead atoms. The molecule has 1 rings (SSSR count). The molecule has 0 aliphatic carbocycles. The predicted molar refractivity (Wildman–Crippen MR) is 90.4 cm³/mol. The Morgan fingerprint density at radius 1 is 1.26 bits per heavy atom. The third-order valence-corrected chi connectivity index (χ3v) is 3.50. The molecule has 0 spiro atoms. The maximum atomic E-state index is 11.7. The summed E-state index contributed by atoms with van der Waals surface area (Å²) in [6, 6.07) is 0. The summed E-state index contributed by atoms with van der Waals surface area (Å²) in [5, 5.41) is 2.75. The van der Waals surface area contributed by atoms with Gasteiger partial charge < -0.3 is 19.5 Å². The largest absolute Gasteiger partial charge is 0.491 e. The van der Waals surface area contributed by atoms with Crippen molar-refractivity contribution < 1.29 is 19.0 Å². The zero-order valence-corrected chi connectivity index (χ0v) is 14.4. The number of carbonyl (C=O) groups is 1. The SMILES string of the molecule is C=C/C(=C\C1=C(C)OCCO1)OCNC(=O)CCCCCCC. The van der Waals surface area contributed by atoms with Crippen molar-refractivity contribution in [2.75, 3.05) is 19.9 Å². The molecular formula is C18H29NO4. The smallest absolute Gasteiger partial charge is 0.222 e. The average Bonchev–Trinajstić information content (AvgIpc) is 2.55. The molecule has 1 aliphatic heterocycles. The predicted octanol–water partition coefficient (Wildman–Crippen LogP) is 3.79. The number of hydrogen-bond donors (Lipinski definition) is 1. The van der Waals surface area contributed by atoms with E-state index < -0.39 is 0 Å². The highest BCUT2D eigenvalue weighted by atomic mass is 16.6. The van der Waals surface area contributed by atoms with Crippen LogP contribution < -0.4 is 5.32 Å². The van der Waals surface area contributed by atoms with Crippen LogP contribution in [0.4, 0.5) is 0 Å². The molecule has 5 nitrogen and oxygen atoms in total. The Kier molecular flexibility index (Phi) is 9.68. The van der Waals surface area contributed by atoms with Gasteiger partial charge >= 0.3 is 0 Å². The second-order valence-corrected chi connectivity index (χ2v) is 5.42. The van der Waals surface area contributed by atoms with Crippen molar-refractivity contribution in [1.29, 1.82) is 0 Å². The molecule has 1 aliphatic rings. The quantitative estimate of drug-likeness (QED) is 0.272. The van der Waals surface area contributed by atoms with E-state index >= 15 is 0 Å². The summed E-state index contributed by atoms with van der Waals surface area (Å²) in [6.07, 6.45) is 9.51. The molecule has 1 N–H and O–H groups in total.